The van der Waals surface area contributed by atoms with Crippen LogP contribution in [0.2, 0.25) is 0 Å². The summed E-state index contributed by atoms with van der Waals surface area (Å²) in [4.78, 5) is 4.58. The summed E-state index contributed by atoms with van der Waals surface area (Å²) in [5.41, 5.74) is 3.94. The maximum atomic E-state index is 8.93. The Morgan fingerprint density at radius 1 is 0.950 bits per heavy atom. The first-order chi connectivity index (χ1) is 9.72. The number of imidazole rings is 1. The zero-order valence-electron chi connectivity index (χ0n) is 10.8. The number of benzene rings is 2. The molecule has 20 heavy (non-hydrogen) atoms. The molecule has 1 heterocycles. The molecule has 94 valence electrons. The molecule has 4 heteroatoms. The molecule has 3 aromatic rings. The van der Waals surface area contributed by atoms with E-state index in [2.05, 4.69) is 17.1 Å². The molecule has 0 radical (unpaired) electrons. The number of nitriles is 2. The van der Waals surface area contributed by atoms with Gasteiger partial charge in [-0.2, -0.15) is 10.5 Å². The van der Waals surface area contributed by atoms with Crippen molar-refractivity contribution in [1.82, 2.24) is 9.55 Å². The zero-order valence-corrected chi connectivity index (χ0v) is 10.8. The fraction of sp³-hybridized carbons (Fsp3) is 0.0625. The maximum absolute atomic E-state index is 8.93. The molecule has 0 atom stereocenters. The molecular formula is C16H10N4. The number of fused-ring (bicyclic) bond motifs is 1. The van der Waals surface area contributed by atoms with E-state index >= 15 is 0 Å². The van der Waals surface area contributed by atoms with Gasteiger partial charge < -0.3 is 4.57 Å². The zero-order chi connectivity index (χ0) is 14.1. The third kappa shape index (κ3) is 1.81. The van der Waals surface area contributed by atoms with Gasteiger partial charge in [0.05, 0.1) is 34.3 Å². The highest BCUT2D eigenvalue weighted by molar-refractivity contribution is 5.81. The molecule has 0 aliphatic heterocycles. The molecule has 4 nitrogen and oxygen atoms in total. The molecule has 0 aliphatic carbocycles. The van der Waals surface area contributed by atoms with Crippen LogP contribution < -0.4 is 0 Å². The Bertz CT molecular complexity index is 874. The molecule has 2 aromatic carbocycles. The molecule has 0 unspecified atom stereocenters. The van der Waals surface area contributed by atoms with E-state index in [9.17, 15) is 0 Å². The fourth-order valence-electron chi connectivity index (χ4n) is 2.22. The van der Waals surface area contributed by atoms with Crippen LogP contribution in [-0.4, -0.2) is 9.55 Å². The van der Waals surface area contributed by atoms with Gasteiger partial charge >= 0.3 is 0 Å². The summed E-state index contributed by atoms with van der Waals surface area (Å²) in [5, 5.41) is 17.8. The van der Waals surface area contributed by atoms with Crippen LogP contribution in [-0.2, 0) is 7.05 Å². The average Bonchev–Trinajstić information content (AvgIpc) is 2.84. The molecule has 0 saturated heterocycles. The van der Waals surface area contributed by atoms with E-state index in [1.165, 1.54) is 0 Å². The van der Waals surface area contributed by atoms with Crippen molar-refractivity contribution < 1.29 is 0 Å². The molecule has 0 amide bonds. The van der Waals surface area contributed by atoms with Crippen LogP contribution in [0.3, 0.4) is 0 Å². The third-order valence-corrected chi connectivity index (χ3v) is 3.28. The SMILES string of the molecule is Cn1c(-c2ccc(C#N)cc2)nc2cc(C#N)ccc21. The van der Waals surface area contributed by atoms with E-state index in [1.807, 2.05) is 29.8 Å². The highest BCUT2D eigenvalue weighted by Crippen LogP contribution is 2.24. The maximum Gasteiger partial charge on any atom is 0.140 e. The van der Waals surface area contributed by atoms with Gasteiger partial charge in [-0.3, -0.25) is 0 Å². The largest absolute Gasteiger partial charge is 0.327 e. The molecule has 0 fully saturated rings. The summed E-state index contributed by atoms with van der Waals surface area (Å²) in [6.07, 6.45) is 0. The molecule has 0 saturated carbocycles. The highest BCUT2D eigenvalue weighted by atomic mass is 15.1. The van der Waals surface area contributed by atoms with Crippen molar-refractivity contribution in [2.75, 3.05) is 0 Å². The highest BCUT2D eigenvalue weighted by Gasteiger charge is 2.10. The predicted octanol–water partition coefficient (Wildman–Crippen LogP) is 2.98. The summed E-state index contributed by atoms with van der Waals surface area (Å²) < 4.78 is 1.98. The van der Waals surface area contributed by atoms with Crippen molar-refractivity contribution in [2.24, 2.45) is 7.05 Å². The predicted molar refractivity (Wildman–Crippen MR) is 75.6 cm³/mol. The number of rotatable bonds is 1. The second-order valence-electron chi connectivity index (χ2n) is 4.50. The van der Waals surface area contributed by atoms with Crippen LogP contribution >= 0.6 is 0 Å². The minimum atomic E-state index is 0.599. The van der Waals surface area contributed by atoms with Gasteiger partial charge in [0, 0.05) is 12.6 Å². The normalized spacial score (nSPS) is 10.2. The molecule has 0 N–H and O–H groups in total. The third-order valence-electron chi connectivity index (χ3n) is 3.28. The van der Waals surface area contributed by atoms with Crippen molar-refractivity contribution in [3.63, 3.8) is 0 Å². The first-order valence-corrected chi connectivity index (χ1v) is 6.10. The van der Waals surface area contributed by atoms with Crippen molar-refractivity contribution >= 4 is 11.0 Å². The smallest absolute Gasteiger partial charge is 0.140 e. The summed E-state index contributed by atoms with van der Waals surface area (Å²) in [5.74, 6) is 0.819. The Labute approximate surface area is 116 Å². The van der Waals surface area contributed by atoms with Gasteiger partial charge in [-0.25, -0.2) is 4.98 Å². The standard InChI is InChI=1S/C16H10N4/c1-20-15-7-4-12(10-18)8-14(15)19-16(20)13-5-2-11(9-17)3-6-13/h2-8H,1H3. The minimum absolute atomic E-state index is 0.599. The quantitative estimate of drug-likeness (QED) is 0.674. The lowest BCUT2D eigenvalue weighted by atomic mass is 10.1. The van der Waals surface area contributed by atoms with E-state index in [0.717, 1.165) is 22.4 Å². The monoisotopic (exact) mass is 258 g/mol. The number of aryl methyl sites for hydroxylation is 1. The molecule has 0 bridgehead atoms. The van der Waals surface area contributed by atoms with E-state index < -0.39 is 0 Å². The second kappa shape index (κ2) is 4.53. The van der Waals surface area contributed by atoms with Gasteiger partial charge in [0.1, 0.15) is 5.82 Å². The van der Waals surface area contributed by atoms with Crippen molar-refractivity contribution in [3.8, 4) is 23.5 Å². The molecule has 0 aliphatic rings. The fourth-order valence-corrected chi connectivity index (χ4v) is 2.22. The van der Waals surface area contributed by atoms with E-state index in [-0.39, 0.29) is 0 Å². The Balaban J connectivity index is 2.18. The van der Waals surface area contributed by atoms with E-state index in [4.69, 9.17) is 10.5 Å². The van der Waals surface area contributed by atoms with Crippen LogP contribution in [0.1, 0.15) is 11.1 Å². The van der Waals surface area contributed by atoms with Crippen LogP contribution in [0.5, 0.6) is 0 Å². The lowest BCUT2D eigenvalue weighted by molar-refractivity contribution is 0.959. The lowest BCUT2D eigenvalue weighted by Crippen LogP contribution is -1.92. The average molecular weight is 258 g/mol. The molecule has 0 spiro atoms. The molecule has 1 aromatic heterocycles. The molecular weight excluding hydrogens is 248 g/mol. The molecule has 3 rings (SSSR count). The lowest BCUT2D eigenvalue weighted by Gasteiger charge is -2.02. The van der Waals surface area contributed by atoms with Crippen molar-refractivity contribution in [2.45, 2.75) is 0 Å². The Morgan fingerprint density at radius 3 is 2.25 bits per heavy atom. The van der Waals surface area contributed by atoms with Gasteiger partial charge in [-0.05, 0) is 42.5 Å². The first-order valence-electron chi connectivity index (χ1n) is 6.10. The summed E-state index contributed by atoms with van der Waals surface area (Å²) >= 11 is 0. The van der Waals surface area contributed by atoms with Gasteiger partial charge in [0.25, 0.3) is 0 Å². The van der Waals surface area contributed by atoms with Crippen molar-refractivity contribution in [1.29, 1.82) is 10.5 Å². The summed E-state index contributed by atoms with van der Waals surface area (Å²) in [6.45, 7) is 0. The van der Waals surface area contributed by atoms with Gasteiger partial charge in [-0.1, -0.05) is 0 Å². The van der Waals surface area contributed by atoms with E-state index in [0.29, 0.717) is 11.1 Å². The topological polar surface area (TPSA) is 65.4 Å². The Kier molecular flexibility index (Phi) is 2.71. The van der Waals surface area contributed by atoms with E-state index in [1.54, 1.807) is 24.3 Å². The Hall–Kier alpha value is -3.11. The van der Waals surface area contributed by atoms with Gasteiger partial charge in [0.15, 0.2) is 0 Å². The van der Waals surface area contributed by atoms with Crippen LogP contribution in [0, 0.1) is 22.7 Å². The van der Waals surface area contributed by atoms with Crippen LogP contribution in [0.4, 0.5) is 0 Å². The van der Waals surface area contributed by atoms with Gasteiger partial charge in [-0.15, -0.1) is 0 Å². The Morgan fingerprint density at radius 2 is 1.60 bits per heavy atom. The minimum Gasteiger partial charge on any atom is -0.327 e. The summed E-state index contributed by atoms with van der Waals surface area (Å²) in [7, 11) is 1.94. The van der Waals surface area contributed by atoms with Crippen molar-refractivity contribution in [3.05, 3.63) is 53.6 Å². The van der Waals surface area contributed by atoms with Gasteiger partial charge in [0.2, 0.25) is 0 Å². The first kappa shape index (κ1) is 12.0. The van der Waals surface area contributed by atoms with Crippen LogP contribution in [0.15, 0.2) is 42.5 Å². The van der Waals surface area contributed by atoms with Crippen LogP contribution in [0.25, 0.3) is 22.4 Å². The number of aromatic nitrogens is 2. The number of hydrogen-bond acceptors (Lipinski definition) is 3. The summed E-state index contributed by atoms with van der Waals surface area (Å²) in [6, 6.07) is 17.0. The number of hydrogen-bond donors (Lipinski definition) is 0. The number of nitrogens with zero attached hydrogens (tertiary/aromatic N) is 4. The second-order valence-corrected chi connectivity index (χ2v) is 4.50.